The first-order chi connectivity index (χ1) is 5.48. The molecule has 0 atom stereocenters. The molecular formula is C8H15NO3. The van der Waals surface area contributed by atoms with E-state index in [9.17, 15) is 4.79 Å². The first-order valence-corrected chi connectivity index (χ1v) is 3.66. The zero-order valence-electron chi connectivity index (χ0n) is 7.63. The zero-order valence-corrected chi connectivity index (χ0v) is 7.63. The first kappa shape index (κ1) is 11.0. The van der Waals surface area contributed by atoms with Gasteiger partial charge in [-0.25, -0.2) is 4.79 Å². The third-order valence-electron chi connectivity index (χ3n) is 1.42. The largest absolute Gasteiger partial charge is 0.478 e. The summed E-state index contributed by atoms with van der Waals surface area (Å²) >= 11 is 0. The molecule has 0 aromatic heterocycles. The topological polar surface area (TPSA) is 58.6 Å². The number of rotatable bonds is 5. The van der Waals surface area contributed by atoms with Crippen LogP contribution in [0, 0.1) is 0 Å². The molecule has 0 fully saturated rings. The standard InChI is InChI=1S/C8H15NO3/c1-8(2,12-3)6-9-5-4-7(10)11/h4-5,9H,6H2,1-3H3,(H,10,11)/b5-4+. The van der Waals surface area contributed by atoms with Gasteiger partial charge in [0.2, 0.25) is 0 Å². The van der Waals surface area contributed by atoms with Crippen LogP contribution in [0.2, 0.25) is 0 Å². The van der Waals surface area contributed by atoms with E-state index in [-0.39, 0.29) is 5.60 Å². The highest BCUT2D eigenvalue weighted by atomic mass is 16.5. The second kappa shape index (κ2) is 4.77. The van der Waals surface area contributed by atoms with Gasteiger partial charge in [-0.05, 0) is 13.8 Å². The molecule has 0 radical (unpaired) electrons. The van der Waals surface area contributed by atoms with Crippen molar-refractivity contribution in [2.24, 2.45) is 0 Å². The van der Waals surface area contributed by atoms with Gasteiger partial charge in [-0.15, -0.1) is 0 Å². The van der Waals surface area contributed by atoms with E-state index in [0.29, 0.717) is 6.54 Å². The fourth-order valence-corrected chi connectivity index (χ4v) is 0.507. The van der Waals surface area contributed by atoms with Crippen molar-refractivity contribution in [2.45, 2.75) is 19.4 Å². The molecule has 0 spiro atoms. The van der Waals surface area contributed by atoms with Gasteiger partial charge in [-0.2, -0.15) is 0 Å². The molecule has 0 aliphatic carbocycles. The van der Waals surface area contributed by atoms with E-state index in [4.69, 9.17) is 9.84 Å². The Hall–Kier alpha value is -1.03. The number of ether oxygens (including phenoxy) is 1. The Labute approximate surface area is 72.2 Å². The van der Waals surface area contributed by atoms with E-state index in [1.165, 1.54) is 6.20 Å². The van der Waals surface area contributed by atoms with Crippen LogP contribution in [0.4, 0.5) is 0 Å². The highest BCUT2D eigenvalue weighted by Gasteiger charge is 2.14. The van der Waals surface area contributed by atoms with E-state index >= 15 is 0 Å². The van der Waals surface area contributed by atoms with Crippen LogP contribution in [-0.2, 0) is 9.53 Å². The molecule has 0 aliphatic rings. The lowest BCUT2D eigenvalue weighted by atomic mass is 10.1. The molecule has 70 valence electrons. The smallest absolute Gasteiger partial charge is 0.329 e. The molecule has 4 heteroatoms. The lowest BCUT2D eigenvalue weighted by molar-refractivity contribution is -0.131. The average molecular weight is 173 g/mol. The zero-order chi connectivity index (χ0) is 9.61. The molecule has 0 rings (SSSR count). The molecule has 0 aliphatic heterocycles. The summed E-state index contributed by atoms with van der Waals surface area (Å²) < 4.78 is 5.10. The third-order valence-corrected chi connectivity index (χ3v) is 1.42. The van der Waals surface area contributed by atoms with Gasteiger partial charge < -0.3 is 15.2 Å². The highest BCUT2D eigenvalue weighted by molar-refractivity contribution is 5.79. The normalized spacial score (nSPS) is 11.9. The Morgan fingerprint density at radius 3 is 2.67 bits per heavy atom. The van der Waals surface area contributed by atoms with Crippen molar-refractivity contribution in [2.75, 3.05) is 13.7 Å². The van der Waals surface area contributed by atoms with Crippen LogP contribution in [0.1, 0.15) is 13.8 Å². The number of aliphatic carboxylic acids is 1. The molecule has 0 amide bonds. The van der Waals surface area contributed by atoms with Crippen LogP contribution in [0.3, 0.4) is 0 Å². The summed E-state index contributed by atoms with van der Waals surface area (Å²) in [7, 11) is 1.61. The predicted octanol–water partition coefficient (Wildman–Crippen LogP) is 0.599. The molecular weight excluding hydrogens is 158 g/mol. The van der Waals surface area contributed by atoms with Crippen molar-refractivity contribution in [3.8, 4) is 0 Å². The van der Waals surface area contributed by atoms with E-state index in [1.807, 2.05) is 13.8 Å². The molecule has 0 aromatic rings. The minimum atomic E-state index is -0.960. The van der Waals surface area contributed by atoms with Gasteiger partial charge in [-0.1, -0.05) is 0 Å². The second-order valence-corrected chi connectivity index (χ2v) is 3.02. The van der Waals surface area contributed by atoms with Gasteiger partial charge in [0.1, 0.15) is 0 Å². The SMILES string of the molecule is COC(C)(C)CN/C=C/C(=O)O. The van der Waals surface area contributed by atoms with Crippen LogP contribution in [0.25, 0.3) is 0 Å². The molecule has 0 bridgehead atoms. The van der Waals surface area contributed by atoms with Gasteiger partial charge in [0.25, 0.3) is 0 Å². The fraction of sp³-hybridized carbons (Fsp3) is 0.625. The van der Waals surface area contributed by atoms with E-state index in [2.05, 4.69) is 5.32 Å². The number of methoxy groups -OCH3 is 1. The van der Waals surface area contributed by atoms with E-state index < -0.39 is 5.97 Å². The fourth-order valence-electron chi connectivity index (χ4n) is 0.507. The molecule has 0 unspecified atom stereocenters. The number of carboxylic acids is 1. The van der Waals surface area contributed by atoms with Crippen molar-refractivity contribution in [3.05, 3.63) is 12.3 Å². The van der Waals surface area contributed by atoms with Crippen LogP contribution in [0.5, 0.6) is 0 Å². The summed E-state index contributed by atoms with van der Waals surface area (Å²) in [5.74, 6) is -0.960. The highest BCUT2D eigenvalue weighted by Crippen LogP contribution is 2.04. The maximum absolute atomic E-state index is 10.0. The quantitative estimate of drug-likeness (QED) is 0.598. The summed E-state index contributed by atoms with van der Waals surface area (Å²) in [6, 6.07) is 0. The third kappa shape index (κ3) is 5.73. The van der Waals surface area contributed by atoms with E-state index in [1.54, 1.807) is 7.11 Å². The Morgan fingerprint density at radius 1 is 1.67 bits per heavy atom. The molecule has 0 aromatic carbocycles. The number of carbonyl (C=O) groups is 1. The van der Waals surface area contributed by atoms with Gasteiger partial charge >= 0.3 is 5.97 Å². The van der Waals surface area contributed by atoms with Crippen molar-refractivity contribution >= 4 is 5.97 Å². The Morgan fingerprint density at radius 2 is 2.25 bits per heavy atom. The van der Waals surface area contributed by atoms with Crippen LogP contribution in [-0.4, -0.2) is 30.3 Å². The molecule has 4 nitrogen and oxygen atoms in total. The van der Waals surface area contributed by atoms with Crippen molar-refractivity contribution in [3.63, 3.8) is 0 Å². The lowest BCUT2D eigenvalue weighted by Crippen LogP contribution is -2.34. The number of carboxylic acid groups (broad SMARTS) is 1. The Balaban J connectivity index is 3.63. The maximum Gasteiger partial charge on any atom is 0.329 e. The van der Waals surface area contributed by atoms with Crippen LogP contribution >= 0.6 is 0 Å². The summed E-state index contributed by atoms with van der Waals surface area (Å²) in [5.41, 5.74) is -0.275. The second-order valence-electron chi connectivity index (χ2n) is 3.02. The molecule has 12 heavy (non-hydrogen) atoms. The van der Waals surface area contributed by atoms with Crippen molar-refractivity contribution in [1.29, 1.82) is 0 Å². The Bertz CT molecular complexity index is 175. The molecule has 0 heterocycles. The number of nitrogens with one attached hydrogen (secondary N) is 1. The summed E-state index contributed by atoms with van der Waals surface area (Å²) in [5, 5.41) is 11.1. The average Bonchev–Trinajstić information content (AvgIpc) is 1.98. The van der Waals surface area contributed by atoms with Gasteiger partial charge in [0.05, 0.1) is 5.60 Å². The first-order valence-electron chi connectivity index (χ1n) is 3.66. The minimum absolute atomic E-state index is 0.275. The summed E-state index contributed by atoms with van der Waals surface area (Å²) in [6.45, 7) is 4.40. The monoisotopic (exact) mass is 173 g/mol. The van der Waals surface area contributed by atoms with Gasteiger partial charge in [0.15, 0.2) is 0 Å². The molecule has 2 N–H and O–H groups in total. The predicted molar refractivity (Wildman–Crippen MR) is 45.9 cm³/mol. The summed E-state index contributed by atoms with van der Waals surface area (Å²) in [4.78, 5) is 10.0. The Kier molecular flexibility index (Phi) is 4.36. The van der Waals surface area contributed by atoms with Crippen molar-refractivity contribution < 1.29 is 14.6 Å². The number of hydrogen-bond acceptors (Lipinski definition) is 3. The lowest BCUT2D eigenvalue weighted by Gasteiger charge is -2.22. The summed E-state index contributed by atoms with van der Waals surface area (Å²) in [6.07, 6.45) is 2.44. The minimum Gasteiger partial charge on any atom is -0.478 e. The van der Waals surface area contributed by atoms with Crippen LogP contribution < -0.4 is 5.32 Å². The van der Waals surface area contributed by atoms with Gasteiger partial charge in [0, 0.05) is 25.9 Å². The maximum atomic E-state index is 10.0. The molecule has 0 saturated heterocycles. The van der Waals surface area contributed by atoms with Crippen molar-refractivity contribution in [1.82, 2.24) is 5.32 Å². The number of hydrogen-bond donors (Lipinski definition) is 2. The molecule has 0 saturated carbocycles. The van der Waals surface area contributed by atoms with E-state index in [0.717, 1.165) is 6.08 Å². The van der Waals surface area contributed by atoms with Gasteiger partial charge in [-0.3, -0.25) is 0 Å². The van der Waals surface area contributed by atoms with Crippen LogP contribution in [0.15, 0.2) is 12.3 Å².